The molecule has 1 saturated heterocycles. The molecule has 0 amide bonds. The molecule has 0 aliphatic carbocycles. The Morgan fingerprint density at radius 2 is 2.11 bits per heavy atom. The summed E-state index contributed by atoms with van der Waals surface area (Å²) in [5, 5.41) is 0. The first kappa shape index (κ1) is 12.4. The van der Waals surface area contributed by atoms with Crippen molar-refractivity contribution in [3.05, 3.63) is 28.2 Å². The van der Waals surface area contributed by atoms with Crippen molar-refractivity contribution < 1.29 is 14.3 Å². The number of ketones is 1. The maximum Gasteiger partial charge on any atom is 0.224 e. The van der Waals surface area contributed by atoms with Crippen LogP contribution in [0.3, 0.4) is 0 Å². The van der Waals surface area contributed by atoms with Gasteiger partial charge in [-0.05, 0) is 0 Å². The normalized spacial score (nSPS) is 27.8. The number of aromatic nitrogens is 1. The Balaban J connectivity index is 2.30. The van der Waals surface area contributed by atoms with E-state index in [4.69, 9.17) is 9.47 Å². The highest BCUT2D eigenvalue weighted by Gasteiger charge is 2.51. The van der Waals surface area contributed by atoms with Crippen molar-refractivity contribution in [1.82, 2.24) is 4.57 Å². The molecule has 2 aliphatic heterocycles. The van der Waals surface area contributed by atoms with Crippen LogP contribution in [0.25, 0.3) is 0 Å². The molecule has 0 saturated carbocycles. The van der Waals surface area contributed by atoms with E-state index in [1.807, 2.05) is 18.4 Å². The van der Waals surface area contributed by atoms with Crippen LogP contribution in [0.4, 0.5) is 0 Å². The topological polar surface area (TPSA) is 57.5 Å². The van der Waals surface area contributed by atoms with Gasteiger partial charge >= 0.3 is 0 Å². The number of pyridine rings is 1. The number of hydrogen-bond donors (Lipinski definition) is 0. The summed E-state index contributed by atoms with van der Waals surface area (Å²) < 4.78 is 12.6. The quantitative estimate of drug-likeness (QED) is 0.765. The lowest BCUT2D eigenvalue weighted by Gasteiger charge is -2.40. The Morgan fingerprint density at radius 1 is 1.37 bits per heavy atom. The van der Waals surface area contributed by atoms with Crippen molar-refractivity contribution in [1.29, 1.82) is 0 Å². The van der Waals surface area contributed by atoms with E-state index in [0.717, 1.165) is 0 Å². The highest BCUT2D eigenvalue weighted by atomic mass is 16.5. The molecule has 2 aliphatic rings. The van der Waals surface area contributed by atoms with E-state index in [1.165, 1.54) is 13.2 Å². The van der Waals surface area contributed by atoms with Crippen molar-refractivity contribution in [2.24, 2.45) is 11.3 Å². The van der Waals surface area contributed by atoms with Gasteiger partial charge in [0, 0.05) is 23.6 Å². The van der Waals surface area contributed by atoms with E-state index in [1.54, 1.807) is 6.20 Å². The van der Waals surface area contributed by atoms with E-state index in [-0.39, 0.29) is 28.9 Å². The third kappa shape index (κ3) is 1.51. The smallest absolute Gasteiger partial charge is 0.224 e. The van der Waals surface area contributed by atoms with Crippen molar-refractivity contribution in [2.45, 2.75) is 19.9 Å². The van der Waals surface area contributed by atoms with Gasteiger partial charge in [-0.25, -0.2) is 0 Å². The molecule has 1 aromatic heterocycles. The molecule has 0 unspecified atom stereocenters. The highest BCUT2D eigenvalue weighted by molar-refractivity contribution is 6.02. The summed E-state index contributed by atoms with van der Waals surface area (Å²) in [6.07, 6.45) is 1.68. The fraction of sp³-hybridized carbons (Fsp3) is 0.571. The van der Waals surface area contributed by atoms with Crippen LogP contribution in [0.5, 0.6) is 5.75 Å². The van der Waals surface area contributed by atoms with Crippen LogP contribution in [-0.2, 0) is 4.74 Å². The van der Waals surface area contributed by atoms with Crippen LogP contribution in [0.1, 0.15) is 30.4 Å². The van der Waals surface area contributed by atoms with E-state index >= 15 is 0 Å². The van der Waals surface area contributed by atoms with Gasteiger partial charge in [0.25, 0.3) is 0 Å². The molecular formula is C14H17NO4. The zero-order valence-electron chi connectivity index (χ0n) is 11.3. The molecule has 0 aromatic carbocycles. The number of Topliss-reactive ketones (excluding diaryl/α,β-unsaturated/α-hetero) is 1. The average Bonchev–Trinajstić information content (AvgIpc) is 2.86. The van der Waals surface area contributed by atoms with Crippen LogP contribution < -0.4 is 10.2 Å². The second-order valence-electron chi connectivity index (χ2n) is 5.73. The van der Waals surface area contributed by atoms with Gasteiger partial charge in [0.2, 0.25) is 5.43 Å². The molecule has 0 spiro atoms. The van der Waals surface area contributed by atoms with Crippen LogP contribution >= 0.6 is 0 Å². The molecule has 5 nitrogen and oxygen atoms in total. The third-order valence-electron chi connectivity index (χ3n) is 4.42. The molecule has 0 bridgehead atoms. The van der Waals surface area contributed by atoms with Gasteiger partial charge in [-0.15, -0.1) is 0 Å². The number of methoxy groups -OCH3 is 1. The van der Waals surface area contributed by atoms with Crippen LogP contribution in [0.15, 0.2) is 17.1 Å². The van der Waals surface area contributed by atoms with Gasteiger partial charge in [-0.2, -0.15) is 0 Å². The predicted molar refractivity (Wildman–Crippen MR) is 68.7 cm³/mol. The summed E-state index contributed by atoms with van der Waals surface area (Å²) in [5.74, 6) is 0.236. The monoisotopic (exact) mass is 263 g/mol. The molecule has 19 heavy (non-hydrogen) atoms. The largest absolute Gasteiger partial charge is 0.491 e. The number of ether oxygens (including phenoxy) is 2. The van der Waals surface area contributed by atoms with Crippen molar-refractivity contribution in [2.75, 3.05) is 20.3 Å². The van der Waals surface area contributed by atoms with E-state index in [2.05, 4.69) is 0 Å². The van der Waals surface area contributed by atoms with Crippen LogP contribution in [-0.4, -0.2) is 30.7 Å². The zero-order valence-corrected chi connectivity index (χ0v) is 11.3. The lowest BCUT2D eigenvalue weighted by Crippen LogP contribution is -2.45. The van der Waals surface area contributed by atoms with Gasteiger partial charge in [0.1, 0.15) is 5.69 Å². The summed E-state index contributed by atoms with van der Waals surface area (Å²) in [6, 6.07) is 1.54. The molecular weight excluding hydrogens is 246 g/mol. The summed E-state index contributed by atoms with van der Waals surface area (Å²) in [6.45, 7) is 4.99. The van der Waals surface area contributed by atoms with E-state index < -0.39 is 5.41 Å². The fourth-order valence-corrected chi connectivity index (χ4v) is 3.21. The summed E-state index contributed by atoms with van der Waals surface area (Å²) in [5.41, 5.74) is -0.413. The van der Waals surface area contributed by atoms with Crippen molar-refractivity contribution in [3.8, 4) is 5.75 Å². The number of nitrogens with zero attached hydrogens (tertiary/aromatic N) is 1. The summed E-state index contributed by atoms with van der Waals surface area (Å²) in [7, 11) is 1.43. The maximum atomic E-state index is 12.7. The van der Waals surface area contributed by atoms with Gasteiger partial charge in [-0.1, -0.05) is 13.8 Å². The van der Waals surface area contributed by atoms with Gasteiger partial charge in [0.05, 0.1) is 26.4 Å². The first-order chi connectivity index (χ1) is 8.98. The predicted octanol–water partition coefficient (Wildman–Crippen LogP) is 1.27. The molecule has 5 heteroatoms. The summed E-state index contributed by atoms with van der Waals surface area (Å²) in [4.78, 5) is 24.6. The van der Waals surface area contributed by atoms with Crippen molar-refractivity contribution >= 4 is 5.78 Å². The van der Waals surface area contributed by atoms with Gasteiger partial charge in [-0.3, -0.25) is 9.59 Å². The molecule has 0 N–H and O–H groups in total. The molecule has 0 radical (unpaired) electrons. The maximum absolute atomic E-state index is 12.7. The molecule has 3 rings (SSSR count). The molecule has 3 heterocycles. The summed E-state index contributed by atoms with van der Waals surface area (Å²) >= 11 is 0. The first-order valence-corrected chi connectivity index (χ1v) is 6.40. The Labute approximate surface area is 111 Å². The number of hydrogen-bond acceptors (Lipinski definition) is 4. The SMILES string of the molecule is COc1c2n(ccc1=O)[C@@H]1COC[C@@H]1C(C)(C)C2=O. The standard InChI is InChI=1S/C14H17NO4/c1-14(2)8-6-19-7-9(8)15-5-4-10(16)12(18-3)11(15)13(14)17/h4-5,8-9H,6-7H2,1-3H3/t8-,9+/m0/s1. The zero-order chi connectivity index (χ0) is 13.8. The molecule has 102 valence electrons. The minimum atomic E-state index is -0.539. The number of carbonyl (C=O) groups excluding carboxylic acids is 1. The van der Waals surface area contributed by atoms with Crippen molar-refractivity contribution in [3.63, 3.8) is 0 Å². The second kappa shape index (κ2) is 3.93. The number of carbonyl (C=O) groups is 1. The molecule has 2 atom stereocenters. The van der Waals surface area contributed by atoms with E-state index in [0.29, 0.717) is 18.9 Å². The Kier molecular flexibility index (Phi) is 2.57. The fourth-order valence-electron chi connectivity index (χ4n) is 3.21. The Morgan fingerprint density at radius 3 is 2.79 bits per heavy atom. The number of fused-ring (bicyclic) bond motifs is 3. The average molecular weight is 263 g/mol. The lowest BCUT2D eigenvalue weighted by atomic mass is 9.69. The second-order valence-corrected chi connectivity index (χ2v) is 5.73. The van der Waals surface area contributed by atoms with E-state index in [9.17, 15) is 9.59 Å². The van der Waals surface area contributed by atoms with Crippen LogP contribution in [0, 0.1) is 11.3 Å². The van der Waals surface area contributed by atoms with Gasteiger partial charge in [0.15, 0.2) is 11.5 Å². The third-order valence-corrected chi connectivity index (χ3v) is 4.42. The lowest BCUT2D eigenvalue weighted by molar-refractivity contribution is 0.0608. The minimum absolute atomic E-state index is 0.0474. The minimum Gasteiger partial charge on any atom is -0.491 e. The first-order valence-electron chi connectivity index (χ1n) is 6.40. The Bertz CT molecular complexity index is 602. The molecule has 1 fully saturated rings. The van der Waals surface area contributed by atoms with Gasteiger partial charge < -0.3 is 14.0 Å². The number of rotatable bonds is 1. The Hall–Kier alpha value is -1.62. The highest BCUT2D eigenvalue weighted by Crippen LogP contribution is 2.47. The molecule has 1 aromatic rings. The van der Waals surface area contributed by atoms with Crippen LogP contribution in [0.2, 0.25) is 0 Å².